The van der Waals surface area contributed by atoms with Gasteiger partial charge in [-0.1, -0.05) is 51.8 Å². The van der Waals surface area contributed by atoms with Crippen LogP contribution in [0.3, 0.4) is 0 Å². The molecule has 1 atom stereocenters. The standard InChI is InChI=1S/C22H21BrClFN2O3S/c1-30-27-20-9-11-21(12-10-20)31(28,29)26-15-22(25,17-3-2-4-18(23)13-17)14-16-5-7-19(24)8-6-16/h2-13,26-27H,14-15H2,1H3. The highest BCUT2D eigenvalue weighted by Gasteiger charge is 2.34. The molecule has 0 saturated heterocycles. The average Bonchev–Trinajstić information content (AvgIpc) is 2.75. The van der Waals surface area contributed by atoms with Crippen LogP contribution in [0.15, 0.2) is 82.2 Å². The molecule has 0 bridgehead atoms. The molecular weight excluding hydrogens is 507 g/mol. The monoisotopic (exact) mass is 526 g/mol. The Hall–Kier alpha value is -1.97. The fraction of sp³-hybridized carbons (Fsp3) is 0.182. The molecule has 0 saturated carbocycles. The summed E-state index contributed by atoms with van der Waals surface area (Å²) in [7, 11) is -2.48. The highest BCUT2D eigenvalue weighted by atomic mass is 79.9. The van der Waals surface area contributed by atoms with Crippen LogP contribution in [0.1, 0.15) is 11.1 Å². The van der Waals surface area contributed by atoms with Gasteiger partial charge >= 0.3 is 0 Å². The van der Waals surface area contributed by atoms with E-state index in [-0.39, 0.29) is 11.3 Å². The van der Waals surface area contributed by atoms with E-state index in [1.165, 1.54) is 19.2 Å². The molecule has 1 unspecified atom stereocenters. The van der Waals surface area contributed by atoms with Gasteiger partial charge in [0.1, 0.15) is 0 Å². The molecule has 3 rings (SSSR count). The number of halogens is 3. The highest BCUT2D eigenvalue weighted by molar-refractivity contribution is 9.10. The summed E-state index contributed by atoms with van der Waals surface area (Å²) in [4.78, 5) is 4.82. The van der Waals surface area contributed by atoms with E-state index in [9.17, 15) is 8.42 Å². The van der Waals surface area contributed by atoms with Gasteiger partial charge in [0.15, 0.2) is 5.67 Å². The number of alkyl halides is 1. The maximum absolute atomic E-state index is 16.3. The first-order valence-electron chi connectivity index (χ1n) is 9.30. The minimum atomic E-state index is -3.93. The summed E-state index contributed by atoms with van der Waals surface area (Å²) in [5.41, 5.74) is 2.28. The van der Waals surface area contributed by atoms with Crippen molar-refractivity contribution in [1.82, 2.24) is 4.72 Å². The van der Waals surface area contributed by atoms with Crippen molar-refractivity contribution in [3.05, 3.63) is 93.4 Å². The van der Waals surface area contributed by atoms with E-state index >= 15 is 4.39 Å². The average molecular weight is 528 g/mol. The first-order valence-corrected chi connectivity index (χ1v) is 12.0. The van der Waals surface area contributed by atoms with Crippen molar-refractivity contribution in [1.29, 1.82) is 0 Å². The molecule has 0 aliphatic heterocycles. The number of sulfonamides is 1. The van der Waals surface area contributed by atoms with Crippen molar-refractivity contribution in [2.24, 2.45) is 0 Å². The molecule has 2 N–H and O–H groups in total. The van der Waals surface area contributed by atoms with Crippen LogP contribution in [0.4, 0.5) is 10.1 Å². The van der Waals surface area contributed by atoms with Crippen molar-refractivity contribution < 1.29 is 17.6 Å². The Morgan fingerprint density at radius 3 is 2.35 bits per heavy atom. The Balaban J connectivity index is 1.86. The van der Waals surface area contributed by atoms with Crippen molar-refractivity contribution in [3.63, 3.8) is 0 Å². The summed E-state index contributed by atoms with van der Waals surface area (Å²) < 4.78 is 45.0. The summed E-state index contributed by atoms with van der Waals surface area (Å²) in [6, 6.07) is 19.5. The van der Waals surface area contributed by atoms with E-state index in [4.69, 9.17) is 16.4 Å². The molecule has 0 fully saturated rings. The van der Waals surface area contributed by atoms with Crippen molar-refractivity contribution >= 4 is 43.2 Å². The second-order valence-corrected chi connectivity index (χ2v) is 10.1. The second-order valence-electron chi connectivity index (χ2n) is 6.93. The van der Waals surface area contributed by atoms with Gasteiger partial charge in [-0.15, -0.1) is 0 Å². The molecule has 0 aromatic heterocycles. The zero-order valence-electron chi connectivity index (χ0n) is 16.6. The summed E-state index contributed by atoms with van der Waals surface area (Å²) in [6.07, 6.45) is -0.0279. The second kappa shape index (κ2) is 10.1. The molecular formula is C22H21BrClFN2O3S. The lowest BCUT2D eigenvalue weighted by molar-refractivity contribution is 0.169. The summed E-state index contributed by atoms with van der Waals surface area (Å²) in [5, 5.41) is 0.544. The molecule has 0 spiro atoms. The normalized spacial score (nSPS) is 13.5. The Morgan fingerprint density at radius 2 is 1.74 bits per heavy atom. The fourth-order valence-electron chi connectivity index (χ4n) is 3.07. The van der Waals surface area contributed by atoms with Gasteiger partial charge in [-0.05, 0) is 59.7 Å². The van der Waals surface area contributed by atoms with Crippen LogP contribution >= 0.6 is 27.5 Å². The van der Waals surface area contributed by atoms with Crippen LogP contribution in [0.2, 0.25) is 5.02 Å². The van der Waals surface area contributed by atoms with Crippen LogP contribution in [-0.4, -0.2) is 22.1 Å². The number of hydrogen-bond donors (Lipinski definition) is 2. The third kappa shape index (κ3) is 6.27. The Labute approximate surface area is 194 Å². The largest absolute Gasteiger partial charge is 0.279 e. The number of hydrogen-bond acceptors (Lipinski definition) is 4. The van der Waals surface area contributed by atoms with Crippen molar-refractivity contribution in [2.75, 3.05) is 19.1 Å². The van der Waals surface area contributed by atoms with Gasteiger partial charge < -0.3 is 0 Å². The molecule has 0 amide bonds. The van der Waals surface area contributed by atoms with Gasteiger partial charge in [-0.3, -0.25) is 10.3 Å². The van der Waals surface area contributed by atoms with Crippen LogP contribution in [0.5, 0.6) is 0 Å². The zero-order valence-corrected chi connectivity index (χ0v) is 19.8. The van der Waals surface area contributed by atoms with Crippen LogP contribution < -0.4 is 10.2 Å². The van der Waals surface area contributed by atoms with Crippen molar-refractivity contribution in [3.8, 4) is 0 Å². The molecule has 0 radical (unpaired) electrons. The van der Waals surface area contributed by atoms with E-state index in [1.807, 2.05) is 0 Å². The summed E-state index contributed by atoms with van der Waals surface area (Å²) in [6.45, 7) is -0.438. The lowest BCUT2D eigenvalue weighted by Crippen LogP contribution is -2.39. The van der Waals surface area contributed by atoms with E-state index in [0.29, 0.717) is 26.3 Å². The number of rotatable bonds is 9. The number of benzene rings is 3. The molecule has 3 aromatic carbocycles. The van der Waals surface area contributed by atoms with E-state index in [1.54, 1.807) is 60.7 Å². The predicted octanol–water partition coefficient (Wildman–Crippen LogP) is 5.46. The van der Waals surface area contributed by atoms with E-state index < -0.39 is 22.2 Å². The molecule has 9 heteroatoms. The Kier molecular flexibility index (Phi) is 7.72. The topological polar surface area (TPSA) is 67.4 Å². The van der Waals surface area contributed by atoms with Crippen LogP contribution in [0, 0.1) is 0 Å². The fourth-order valence-corrected chi connectivity index (χ4v) is 4.68. The maximum Gasteiger partial charge on any atom is 0.240 e. The Morgan fingerprint density at radius 1 is 1.06 bits per heavy atom. The molecule has 0 aliphatic carbocycles. The molecule has 5 nitrogen and oxygen atoms in total. The van der Waals surface area contributed by atoms with Gasteiger partial charge in [0, 0.05) is 22.5 Å². The van der Waals surface area contributed by atoms with E-state index in [0.717, 1.165) is 0 Å². The van der Waals surface area contributed by atoms with Gasteiger partial charge in [0.05, 0.1) is 17.7 Å². The van der Waals surface area contributed by atoms with E-state index in [2.05, 4.69) is 26.1 Å². The first-order chi connectivity index (χ1) is 14.7. The zero-order chi connectivity index (χ0) is 22.5. The minimum absolute atomic E-state index is 0.0252. The first kappa shape index (κ1) is 23.7. The number of anilines is 1. The van der Waals surface area contributed by atoms with Crippen LogP contribution in [0.25, 0.3) is 0 Å². The molecule has 0 aliphatic rings. The highest BCUT2D eigenvalue weighted by Crippen LogP contribution is 2.32. The molecule has 164 valence electrons. The smallest absolute Gasteiger partial charge is 0.240 e. The third-order valence-corrected chi connectivity index (χ3v) is 6.83. The molecule has 0 heterocycles. The maximum atomic E-state index is 16.3. The van der Waals surface area contributed by atoms with Crippen LogP contribution in [-0.2, 0) is 27.0 Å². The molecule has 31 heavy (non-hydrogen) atoms. The lowest BCUT2D eigenvalue weighted by atomic mass is 9.89. The van der Waals surface area contributed by atoms with Gasteiger partial charge in [-0.25, -0.2) is 17.5 Å². The Bertz CT molecular complexity index is 1130. The molecule has 3 aromatic rings. The van der Waals surface area contributed by atoms with Gasteiger partial charge in [0.25, 0.3) is 0 Å². The van der Waals surface area contributed by atoms with Gasteiger partial charge in [0.2, 0.25) is 10.0 Å². The third-order valence-electron chi connectivity index (χ3n) is 4.67. The minimum Gasteiger partial charge on any atom is -0.279 e. The predicted molar refractivity (Wildman–Crippen MR) is 124 cm³/mol. The SMILES string of the molecule is CONc1ccc(S(=O)(=O)NCC(F)(Cc2ccc(Cl)cc2)c2cccc(Br)c2)cc1. The quantitative estimate of drug-likeness (QED) is 0.363. The van der Waals surface area contributed by atoms with Gasteiger partial charge in [-0.2, -0.15) is 0 Å². The summed E-state index contributed by atoms with van der Waals surface area (Å²) >= 11 is 9.29. The lowest BCUT2D eigenvalue weighted by Gasteiger charge is -2.27. The van der Waals surface area contributed by atoms with Crippen molar-refractivity contribution in [2.45, 2.75) is 17.0 Å². The number of nitrogens with one attached hydrogen (secondary N) is 2. The summed E-state index contributed by atoms with van der Waals surface area (Å²) in [5.74, 6) is 0.